The Balaban J connectivity index is 1.38. The maximum Gasteiger partial charge on any atom is 0.270 e. The molecular weight excluding hydrogens is 425 g/mol. The summed E-state index contributed by atoms with van der Waals surface area (Å²) in [5.41, 5.74) is 1.16. The fourth-order valence-electron chi connectivity index (χ4n) is 2.85. The number of hydrogen-bond acceptors (Lipinski definition) is 7. The molecule has 0 radical (unpaired) electrons. The van der Waals surface area contributed by atoms with Crippen LogP contribution in [0.5, 0.6) is 0 Å². The Morgan fingerprint density at radius 1 is 1.27 bits per heavy atom. The fourth-order valence-corrected chi connectivity index (χ4v) is 4.59. The zero-order valence-electron chi connectivity index (χ0n) is 15.6. The number of benzene rings is 1. The first-order chi connectivity index (χ1) is 14.7. The van der Waals surface area contributed by atoms with Gasteiger partial charge in [-0.3, -0.25) is 9.36 Å². The summed E-state index contributed by atoms with van der Waals surface area (Å²) in [6.07, 6.45) is 3.64. The van der Waals surface area contributed by atoms with Crippen LogP contribution in [0.3, 0.4) is 0 Å². The molecule has 0 aliphatic heterocycles. The van der Waals surface area contributed by atoms with Crippen molar-refractivity contribution in [2.24, 2.45) is 0 Å². The van der Waals surface area contributed by atoms with Crippen molar-refractivity contribution in [1.82, 2.24) is 25.1 Å². The second-order valence-electron chi connectivity index (χ2n) is 6.76. The number of carbonyl (C=O) groups excluding carboxylic acids is 1. The van der Waals surface area contributed by atoms with Crippen LogP contribution in [0.2, 0.25) is 0 Å². The highest BCUT2D eigenvalue weighted by molar-refractivity contribution is 7.98. The van der Waals surface area contributed by atoms with Crippen molar-refractivity contribution in [3.8, 4) is 17.3 Å². The highest BCUT2D eigenvalue weighted by atomic mass is 32.2. The number of thioether (sulfide) groups is 1. The normalized spacial score (nSPS) is 13.5. The number of thiazole rings is 1. The Bertz CT molecular complexity index is 1170. The minimum absolute atomic E-state index is 0.125. The van der Waals surface area contributed by atoms with Crippen LogP contribution in [-0.4, -0.2) is 31.7 Å². The smallest absolute Gasteiger partial charge is 0.270 e. The number of nitrogens with one attached hydrogen (secondary N) is 1. The van der Waals surface area contributed by atoms with Gasteiger partial charge < -0.3 is 9.73 Å². The third kappa shape index (κ3) is 4.01. The van der Waals surface area contributed by atoms with E-state index in [0.29, 0.717) is 34.2 Å². The van der Waals surface area contributed by atoms with E-state index in [-0.39, 0.29) is 11.7 Å². The first-order valence-electron chi connectivity index (χ1n) is 9.30. The number of rotatable bonds is 7. The number of aromatic nitrogens is 4. The van der Waals surface area contributed by atoms with Gasteiger partial charge in [-0.05, 0) is 49.2 Å². The molecule has 30 heavy (non-hydrogen) atoms. The fraction of sp³-hybridized carbons (Fsp3) is 0.200. The van der Waals surface area contributed by atoms with E-state index in [0.717, 1.165) is 23.5 Å². The summed E-state index contributed by atoms with van der Waals surface area (Å²) in [7, 11) is 0. The molecule has 5 rings (SSSR count). The molecule has 3 heterocycles. The highest BCUT2D eigenvalue weighted by Gasteiger charge is 2.25. The number of hydrogen-bond donors (Lipinski definition) is 1. The van der Waals surface area contributed by atoms with Crippen LogP contribution < -0.4 is 5.32 Å². The van der Waals surface area contributed by atoms with Gasteiger partial charge in [-0.2, -0.15) is 0 Å². The van der Waals surface area contributed by atoms with Crippen LogP contribution in [0.15, 0.2) is 57.6 Å². The Morgan fingerprint density at radius 3 is 2.83 bits per heavy atom. The largest absolute Gasteiger partial charge is 0.461 e. The molecule has 0 spiro atoms. The molecule has 1 aliphatic rings. The summed E-state index contributed by atoms with van der Waals surface area (Å²) < 4.78 is 20.7. The predicted octanol–water partition coefficient (Wildman–Crippen LogP) is 4.31. The lowest BCUT2D eigenvalue weighted by molar-refractivity contribution is 0.0946. The molecule has 1 saturated carbocycles. The maximum absolute atomic E-state index is 13.4. The number of furan rings is 1. The molecule has 4 aromatic rings. The first kappa shape index (κ1) is 19.0. The van der Waals surface area contributed by atoms with Crippen LogP contribution in [0.1, 0.15) is 28.3 Å². The summed E-state index contributed by atoms with van der Waals surface area (Å²) in [6, 6.07) is 9.98. The first-order valence-corrected chi connectivity index (χ1v) is 11.2. The van der Waals surface area contributed by atoms with Gasteiger partial charge in [-0.15, -0.1) is 21.5 Å². The van der Waals surface area contributed by atoms with Crippen molar-refractivity contribution < 1.29 is 13.6 Å². The van der Waals surface area contributed by atoms with Crippen molar-refractivity contribution in [3.05, 3.63) is 64.6 Å². The predicted molar refractivity (Wildman–Crippen MR) is 111 cm³/mol. The van der Waals surface area contributed by atoms with E-state index < -0.39 is 0 Å². The second-order valence-corrected chi connectivity index (χ2v) is 8.64. The topological polar surface area (TPSA) is 85.8 Å². The number of amides is 1. The van der Waals surface area contributed by atoms with Gasteiger partial charge in [0.25, 0.3) is 5.91 Å². The zero-order valence-corrected chi connectivity index (χ0v) is 17.3. The molecular formula is C20H16FN5O2S2. The van der Waals surface area contributed by atoms with Crippen LogP contribution in [0.25, 0.3) is 17.3 Å². The Labute approximate surface area is 179 Å². The van der Waals surface area contributed by atoms with Crippen molar-refractivity contribution >= 4 is 29.0 Å². The lowest BCUT2D eigenvalue weighted by Gasteiger charge is -2.08. The lowest BCUT2D eigenvalue weighted by atomic mass is 10.3. The van der Waals surface area contributed by atoms with Gasteiger partial charge in [0.1, 0.15) is 16.5 Å². The summed E-state index contributed by atoms with van der Waals surface area (Å²) in [5, 5.41) is 14.7. The van der Waals surface area contributed by atoms with E-state index in [1.807, 2.05) is 4.57 Å². The average Bonchev–Trinajstić information content (AvgIpc) is 3.18. The van der Waals surface area contributed by atoms with Crippen molar-refractivity contribution in [3.63, 3.8) is 0 Å². The van der Waals surface area contributed by atoms with E-state index >= 15 is 0 Å². The third-order valence-electron chi connectivity index (χ3n) is 4.48. The maximum atomic E-state index is 13.4. The SMILES string of the molecule is O=C(NC1CC1)c1csc(CSc2nnc(-c3ccco3)n2-c2ccc(F)cc2)n1. The molecule has 0 bridgehead atoms. The monoisotopic (exact) mass is 441 g/mol. The van der Waals surface area contributed by atoms with E-state index in [9.17, 15) is 9.18 Å². The van der Waals surface area contributed by atoms with Gasteiger partial charge in [0, 0.05) is 11.4 Å². The molecule has 1 aromatic carbocycles. The van der Waals surface area contributed by atoms with E-state index in [2.05, 4.69) is 20.5 Å². The van der Waals surface area contributed by atoms with Gasteiger partial charge in [-0.1, -0.05) is 11.8 Å². The third-order valence-corrected chi connectivity index (χ3v) is 6.45. The average molecular weight is 442 g/mol. The summed E-state index contributed by atoms with van der Waals surface area (Å²) >= 11 is 2.87. The Kier molecular flexibility index (Phi) is 5.09. The summed E-state index contributed by atoms with van der Waals surface area (Å²) in [4.78, 5) is 16.6. The zero-order chi connectivity index (χ0) is 20.5. The van der Waals surface area contributed by atoms with Gasteiger partial charge in [-0.25, -0.2) is 9.37 Å². The molecule has 1 amide bonds. The van der Waals surface area contributed by atoms with Crippen molar-refractivity contribution in [2.45, 2.75) is 29.8 Å². The second kappa shape index (κ2) is 8.04. The van der Waals surface area contributed by atoms with E-state index in [1.165, 1.54) is 35.2 Å². The van der Waals surface area contributed by atoms with Gasteiger partial charge in [0.2, 0.25) is 5.82 Å². The van der Waals surface area contributed by atoms with E-state index in [4.69, 9.17) is 4.42 Å². The molecule has 7 nitrogen and oxygen atoms in total. The standard InChI is InChI=1S/C20H16FN5O2S2/c21-12-3-7-14(8-4-12)26-18(16-2-1-9-28-16)24-25-20(26)30-11-17-23-15(10-29-17)19(27)22-13-5-6-13/h1-4,7-10,13H,5-6,11H2,(H,22,27). The Hall–Kier alpha value is -2.98. The highest BCUT2D eigenvalue weighted by Crippen LogP contribution is 2.30. The number of carbonyl (C=O) groups is 1. The van der Waals surface area contributed by atoms with Crippen LogP contribution in [-0.2, 0) is 5.75 Å². The van der Waals surface area contributed by atoms with Gasteiger partial charge in [0.15, 0.2) is 10.9 Å². The van der Waals surface area contributed by atoms with Crippen molar-refractivity contribution in [2.75, 3.05) is 0 Å². The van der Waals surface area contributed by atoms with Crippen molar-refractivity contribution in [1.29, 1.82) is 0 Å². The molecule has 1 N–H and O–H groups in total. The Morgan fingerprint density at radius 2 is 2.10 bits per heavy atom. The number of nitrogens with zero attached hydrogens (tertiary/aromatic N) is 4. The summed E-state index contributed by atoms with van der Waals surface area (Å²) in [6.45, 7) is 0. The molecule has 1 aliphatic carbocycles. The molecule has 152 valence electrons. The van der Waals surface area contributed by atoms with Gasteiger partial charge in [0.05, 0.1) is 17.7 Å². The molecule has 0 atom stereocenters. The van der Waals surface area contributed by atoms with Crippen LogP contribution >= 0.6 is 23.1 Å². The summed E-state index contributed by atoms with van der Waals surface area (Å²) in [5.74, 6) is 1.17. The molecule has 1 fully saturated rings. The lowest BCUT2D eigenvalue weighted by Crippen LogP contribution is -2.25. The minimum Gasteiger partial charge on any atom is -0.461 e. The number of halogens is 1. The van der Waals surface area contributed by atoms with Crippen LogP contribution in [0.4, 0.5) is 4.39 Å². The molecule has 0 unspecified atom stereocenters. The quantitative estimate of drug-likeness (QED) is 0.430. The molecule has 3 aromatic heterocycles. The minimum atomic E-state index is -0.319. The molecule has 0 saturated heterocycles. The molecule has 10 heteroatoms. The van der Waals surface area contributed by atoms with Crippen LogP contribution in [0, 0.1) is 5.82 Å². The van der Waals surface area contributed by atoms with E-state index in [1.54, 1.807) is 35.9 Å². The van der Waals surface area contributed by atoms with Gasteiger partial charge >= 0.3 is 0 Å².